The van der Waals surface area contributed by atoms with Crippen LogP contribution in [0.25, 0.3) is 0 Å². The number of halogens is 3. The van der Waals surface area contributed by atoms with Crippen LogP contribution in [0, 0.1) is 0 Å². The summed E-state index contributed by atoms with van der Waals surface area (Å²) in [6.45, 7) is 4.93. The Balaban J connectivity index is 2.55. The molecule has 2 N–H and O–H groups in total. The van der Waals surface area contributed by atoms with Gasteiger partial charge in [0, 0.05) is 6.54 Å². The molecular formula is C12H19F3N2O4. The molecule has 0 aromatic rings. The molecule has 0 aliphatic carbocycles. The summed E-state index contributed by atoms with van der Waals surface area (Å²) in [6, 6.07) is -1.04. The Hall–Kier alpha value is -1.51. The Morgan fingerprint density at radius 1 is 1.29 bits per heavy atom. The lowest BCUT2D eigenvalue weighted by Crippen LogP contribution is -2.57. The fourth-order valence-electron chi connectivity index (χ4n) is 1.84. The van der Waals surface area contributed by atoms with Crippen molar-refractivity contribution in [1.29, 1.82) is 0 Å². The van der Waals surface area contributed by atoms with Crippen LogP contribution in [0.3, 0.4) is 0 Å². The highest BCUT2D eigenvalue weighted by Crippen LogP contribution is 2.19. The molecule has 21 heavy (non-hydrogen) atoms. The number of likely N-dealkylation sites (tertiary alicyclic amines) is 1. The minimum absolute atomic E-state index is 0.0161. The summed E-state index contributed by atoms with van der Waals surface area (Å²) in [5, 5.41) is 11.5. The number of carbonyl (C=O) groups is 2. The SMILES string of the molecule is CC(C)(C)OC(=O)N1CC[C@@H](NC(=O)C(F)(F)F)[C@H](O)C1. The topological polar surface area (TPSA) is 78.9 Å². The molecule has 0 saturated carbocycles. The number of aliphatic hydroxyl groups is 1. The van der Waals surface area contributed by atoms with Crippen LogP contribution < -0.4 is 5.32 Å². The minimum Gasteiger partial charge on any atom is -0.444 e. The number of hydrogen-bond donors (Lipinski definition) is 2. The maximum absolute atomic E-state index is 12.1. The Kier molecular flexibility index (Phi) is 5.08. The van der Waals surface area contributed by atoms with Gasteiger partial charge in [0.1, 0.15) is 5.60 Å². The second kappa shape index (κ2) is 6.08. The van der Waals surface area contributed by atoms with Gasteiger partial charge < -0.3 is 20.1 Å². The van der Waals surface area contributed by atoms with Crippen LogP contribution >= 0.6 is 0 Å². The highest BCUT2D eigenvalue weighted by molar-refractivity contribution is 5.82. The molecule has 1 rings (SSSR count). The van der Waals surface area contributed by atoms with Crippen molar-refractivity contribution >= 4 is 12.0 Å². The maximum atomic E-state index is 12.1. The lowest BCUT2D eigenvalue weighted by atomic mass is 10.0. The monoisotopic (exact) mass is 312 g/mol. The van der Waals surface area contributed by atoms with E-state index in [1.807, 2.05) is 0 Å². The first-order valence-electron chi connectivity index (χ1n) is 6.44. The van der Waals surface area contributed by atoms with Crippen molar-refractivity contribution < 1.29 is 32.6 Å². The average Bonchev–Trinajstić information content (AvgIpc) is 2.28. The molecule has 1 aliphatic rings. The zero-order valence-corrected chi connectivity index (χ0v) is 12.0. The van der Waals surface area contributed by atoms with Gasteiger partial charge in [-0.25, -0.2) is 4.79 Å². The summed E-state index contributed by atoms with van der Waals surface area (Å²) in [5.41, 5.74) is -0.705. The van der Waals surface area contributed by atoms with Crippen molar-refractivity contribution in [2.24, 2.45) is 0 Å². The van der Waals surface area contributed by atoms with E-state index in [9.17, 15) is 27.9 Å². The molecule has 6 nitrogen and oxygen atoms in total. The summed E-state index contributed by atoms with van der Waals surface area (Å²) in [7, 11) is 0. The quantitative estimate of drug-likeness (QED) is 0.758. The molecule has 2 amide bonds. The van der Waals surface area contributed by atoms with Gasteiger partial charge in [0.15, 0.2) is 0 Å². The van der Waals surface area contributed by atoms with Gasteiger partial charge in [-0.15, -0.1) is 0 Å². The van der Waals surface area contributed by atoms with Crippen molar-refractivity contribution in [3.05, 3.63) is 0 Å². The predicted octanol–water partition coefficient (Wildman–Crippen LogP) is 1.04. The summed E-state index contributed by atoms with van der Waals surface area (Å²) in [4.78, 5) is 23.8. The fraction of sp³-hybridized carbons (Fsp3) is 0.833. The largest absolute Gasteiger partial charge is 0.471 e. The van der Waals surface area contributed by atoms with Crippen LogP contribution in [0.15, 0.2) is 0 Å². The Morgan fingerprint density at radius 2 is 1.86 bits per heavy atom. The molecule has 0 spiro atoms. The van der Waals surface area contributed by atoms with Crippen molar-refractivity contribution in [2.75, 3.05) is 13.1 Å². The number of ether oxygens (including phenoxy) is 1. The van der Waals surface area contributed by atoms with E-state index < -0.39 is 35.9 Å². The third-order valence-electron chi connectivity index (χ3n) is 2.81. The summed E-state index contributed by atoms with van der Waals surface area (Å²) < 4.78 is 41.5. The molecule has 1 aliphatic heterocycles. The van der Waals surface area contributed by atoms with Crippen LogP contribution in [-0.2, 0) is 9.53 Å². The van der Waals surface area contributed by atoms with Crippen LogP contribution in [-0.4, -0.2) is 59.0 Å². The van der Waals surface area contributed by atoms with Gasteiger partial charge in [-0.2, -0.15) is 13.2 Å². The molecule has 122 valence electrons. The first kappa shape index (κ1) is 17.5. The van der Waals surface area contributed by atoms with Gasteiger partial charge in [0.2, 0.25) is 0 Å². The average molecular weight is 312 g/mol. The van der Waals surface area contributed by atoms with Gasteiger partial charge in [-0.1, -0.05) is 0 Å². The first-order chi connectivity index (χ1) is 9.40. The van der Waals surface area contributed by atoms with E-state index in [4.69, 9.17) is 4.74 Å². The van der Waals surface area contributed by atoms with E-state index in [0.29, 0.717) is 0 Å². The number of piperidine rings is 1. The van der Waals surface area contributed by atoms with Crippen molar-refractivity contribution in [1.82, 2.24) is 10.2 Å². The Morgan fingerprint density at radius 3 is 2.29 bits per heavy atom. The van der Waals surface area contributed by atoms with E-state index in [0.717, 1.165) is 0 Å². The second-order valence-electron chi connectivity index (χ2n) is 5.86. The Bertz CT molecular complexity index is 406. The minimum atomic E-state index is -5.00. The van der Waals surface area contributed by atoms with Gasteiger partial charge >= 0.3 is 18.2 Å². The smallest absolute Gasteiger partial charge is 0.444 e. The number of β-amino-alcohol motifs (C(OH)–C–C–N with tert-alkyl or cyclic N) is 1. The van der Waals surface area contributed by atoms with Crippen LogP contribution in [0.4, 0.5) is 18.0 Å². The van der Waals surface area contributed by atoms with Gasteiger partial charge in [0.05, 0.1) is 18.7 Å². The van der Waals surface area contributed by atoms with Gasteiger partial charge in [-0.05, 0) is 27.2 Å². The number of amides is 2. The molecule has 0 unspecified atom stereocenters. The van der Waals surface area contributed by atoms with E-state index in [1.54, 1.807) is 26.1 Å². The number of nitrogens with zero attached hydrogens (tertiary/aromatic N) is 1. The van der Waals surface area contributed by atoms with Crippen molar-refractivity contribution in [3.8, 4) is 0 Å². The first-order valence-corrected chi connectivity index (χ1v) is 6.44. The maximum Gasteiger partial charge on any atom is 0.471 e. The highest BCUT2D eigenvalue weighted by Gasteiger charge is 2.42. The van der Waals surface area contributed by atoms with Crippen LogP contribution in [0.1, 0.15) is 27.2 Å². The lowest BCUT2D eigenvalue weighted by Gasteiger charge is -2.36. The molecular weight excluding hydrogens is 293 g/mol. The van der Waals surface area contributed by atoms with E-state index >= 15 is 0 Å². The lowest BCUT2D eigenvalue weighted by molar-refractivity contribution is -0.175. The number of nitrogens with one attached hydrogen (secondary N) is 1. The standard InChI is InChI=1S/C12H19F3N2O4/c1-11(2,3)21-10(20)17-5-4-7(8(18)6-17)16-9(19)12(13,14)15/h7-8,18H,4-6H2,1-3H3,(H,16,19)/t7-,8-/m1/s1. The number of rotatable bonds is 1. The predicted molar refractivity (Wildman–Crippen MR) is 66.4 cm³/mol. The Labute approximate surface area is 120 Å². The van der Waals surface area contributed by atoms with Crippen molar-refractivity contribution in [3.63, 3.8) is 0 Å². The normalized spacial score (nSPS) is 23.7. The van der Waals surface area contributed by atoms with Crippen LogP contribution in [0.5, 0.6) is 0 Å². The second-order valence-corrected chi connectivity index (χ2v) is 5.86. The third kappa shape index (κ3) is 5.41. The molecule has 1 heterocycles. The number of hydrogen-bond acceptors (Lipinski definition) is 4. The zero-order valence-electron chi connectivity index (χ0n) is 12.0. The summed E-state index contributed by atoms with van der Waals surface area (Å²) in [5.74, 6) is -2.10. The highest BCUT2D eigenvalue weighted by atomic mass is 19.4. The summed E-state index contributed by atoms with van der Waals surface area (Å²) >= 11 is 0. The van der Waals surface area contributed by atoms with E-state index in [2.05, 4.69) is 0 Å². The van der Waals surface area contributed by atoms with Gasteiger partial charge in [0.25, 0.3) is 0 Å². The molecule has 1 saturated heterocycles. The van der Waals surface area contributed by atoms with E-state index in [1.165, 1.54) is 4.90 Å². The molecule has 2 atom stereocenters. The zero-order chi connectivity index (χ0) is 16.4. The third-order valence-corrected chi connectivity index (χ3v) is 2.81. The van der Waals surface area contributed by atoms with E-state index in [-0.39, 0.29) is 19.5 Å². The molecule has 1 fully saturated rings. The van der Waals surface area contributed by atoms with Crippen LogP contribution in [0.2, 0.25) is 0 Å². The van der Waals surface area contributed by atoms with Crippen molar-refractivity contribution in [2.45, 2.75) is 51.1 Å². The molecule has 0 aromatic heterocycles. The molecule has 0 aromatic carbocycles. The molecule has 0 radical (unpaired) electrons. The number of carbonyl (C=O) groups excluding carboxylic acids is 2. The molecule has 0 bridgehead atoms. The fourth-order valence-corrected chi connectivity index (χ4v) is 1.84. The number of aliphatic hydroxyl groups excluding tert-OH is 1. The molecule has 9 heteroatoms. The summed E-state index contributed by atoms with van der Waals surface area (Å²) in [6.07, 6.45) is -6.91. The van der Waals surface area contributed by atoms with Gasteiger partial charge in [-0.3, -0.25) is 4.79 Å². The number of alkyl halides is 3.